The second-order valence-corrected chi connectivity index (χ2v) is 8.46. The monoisotopic (exact) mass is 405 g/mol. The Bertz CT molecular complexity index is 943. The summed E-state index contributed by atoms with van der Waals surface area (Å²) in [4.78, 5) is 4.14. The maximum atomic E-state index is 4.48. The summed E-state index contributed by atoms with van der Waals surface area (Å²) in [7, 11) is 0. The standard InChI is InChI=1S/C24H32N6/c1-4-8-22(24-25-26-27-30(24)18-21-9-6-5-7-10-21)28-13-15-29(16-14-28)23-17-19(2)11-12-20(23)3/h5-7,9-12,17,22H,4,8,13-16,18H2,1-3H3/p+1/t22-/m1/s1. The lowest BCUT2D eigenvalue weighted by Gasteiger charge is -2.37. The van der Waals surface area contributed by atoms with E-state index in [1.807, 2.05) is 10.7 Å². The molecule has 6 nitrogen and oxygen atoms in total. The summed E-state index contributed by atoms with van der Waals surface area (Å²) < 4.78 is 2.00. The van der Waals surface area contributed by atoms with Gasteiger partial charge in [0.2, 0.25) is 5.82 Å². The van der Waals surface area contributed by atoms with Gasteiger partial charge in [-0.25, -0.2) is 4.68 Å². The van der Waals surface area contributed by atoms with E-state index in [-0.39, 0.29) is 0 Å². The second kappa shape index (κ2) is 9.39. The van der Waals surface area contributed by atoms with Gasteiger partial charge in [0.25, 0.3) is 0 Å². The molecule has 30 heavy (non-hydrogen) atoms. The fourth-order valence-electron chi connectivity index (χ4n) is 4.58. The third-order valence-electron chi connectivity index (χ3n) is 6.23. The number of tetrazole rings is 1. The summed E-state index contributed by atoms with van der Waals surface area (Å²) in [6.45, 7) is 11.7. The SMILES string of the molecule is CCC[C@H](c1nnnn1Cc1ccccc1)[NH+]1CCN(c2cc(C)ccc2C)CC1. The Balaban J connectivity index is 1.49. The van der Waals surface area contributed by atoms with Gasteiger partial charge in [0.05, 0.1) is 32.7 Å². The molecule has 2 heterocycles. The van der Waals surface area contributed by atoms with Crippen LogP contribution in [0.3, 0.4) is 0 Å². The van der Waals surface area contributed by atoms with E-state index < -0.39 is 0 Å². The number of hydrogen-bond acceptors (Lipinski definition) is 4. The molecule has 1 aromatic heterocycles. The van der Waals surface area contributed by atoms with E-state index in [9.17, 15) is 0 Å². The number of piperazine rings is 1. The molecule has 1 fully saturated rings. The minimum Gasteiger partial charge on any atom is -0.360 e. The smallest absolute Gasteiger partial charge is 0.209 e. The van der Waals surface area contributed by atoms with Gasteiger partial charge >= 0.3 is 0 Å². The van der Waals surface area contributed by atoms with E-state index >= 15 is 0 Å². The van der Waals surface area contributed by atoms with Crippen LogP contribution in [0.25, 0.3) is 0 Å². The van der Waals surface area contributed by atoms with Gasteiger partial charge in [0.1, 0.15) is 6.04 Å². The van der Waals surface area contributed by atoms with Gasteiger partial charge in [-0.05, 0) is 47.0 Å². The van der Waals surface area contributed by atoms with Crippen molar-refractivity contribution in [3.05, 3.63) is 71.0 Å². The molecule has 0 spiro atoms. The highest BCUT2D eigenvalue weighted by molar-refractivity contribution is 5.55. The van der Waals surface area contributed by atoms with Gasteiger partial charge in [-0.3, -0.25) is 0 Å². The average Bonchev–Trinajstić information content (AvgIpc) is 3.22. The first-order valence-corrected chi connectivity index (χ1v) is 11.1. The number of rotatable bonds is 7. The molecule has 0 aliphatic carbocycles. The highest BCUT2D eigenvalue weighted by Crippen LogP contribution is 2.22. The largest absolute Gasteiger partial charge is 0.360 e. The first kappa shape index (κ1) is 20.5. The highest BCUT2D eigenvalue weighted by Gasteiger charge is 2.32. The van der Waals surface area contributed by atoms with Crippen molar-refractivity contribution in [1.29, 1.82) is 0 Å². The fraction of sp³-hybridized carbons (Fsp3) is 0.458. The molecule has 3 aromatic rings. The zero-order valence-corrected chi connectivity index (χ0v) is 18.4. The van der Waals surface area contributed by atoms with Crippen LogP contribution in [0.1, 0.15) is 48.3 Å². The summed E-state index contributed by atoms with van der Waals surface area (Å²) >= 11 is 0. The lowest BCUT2D eigenvalue weighted by atomic mass is 10.1. The summed E-state index contributed by atoms with van der Waals surface area (Å²) in [6, 6.07) is 17.6. The van der Waals surface area contributed by atoms with Gasteiger partial charge in [0.15, 0.2) is 0 Å². The molecule has 2 aromatic carbocycles. The van der Waals surface area contributed by atoms with E-state index in [2.05, 4.69) is 83.7 Å². The van der Waals surface area contributed by atoms with Crippen molar-refractivity contribution >= 4 is 5.69 Å². The molecule has 0 unspecified atom stereocenters. The van der Waals surface area contributed by atoms with Gasteiger partial charge in [-0.1, -0.05) is 55.8 Å². The molecule has 158 valence electrons. The number of anilines is 1. The van der Waals surface area contributed by atoms with E-state index in [4.69, 9.17) is 0 Å². The number of hydrogen-bond donors (Lipinski definition) is 1. The molecule has 1 aliphatic heterocycles. The lowest BCUT2D eigenvalue weighted by molar-refractivity contribution is -0.933. The molecule has 0 amide bonds. The maximum absolute atomic E-state index is 4.48. The summed E-state index contributed by atoms with van der Waals surface area (Å²) in [5, 5.41) is 12.8. The highest BCUT2D eigenvalue weighted by atomic mass is 15.6. The minimum atomic E-state index is 0.342. The number of quaternary nitrogens is 1. The van der Waals surface area contributed by atoms with E-state index in [0.717, 1.165) is 51.4 Å². The van der Waals surface area contributed by atoms with Gasteiger partial charge in [0, 0.05) is 12.1 Å². The molecule has 1 N–H and O–H groups in total. The number of aromatic nitrogens is 4. The predicted molar refractivity (Wildman–Crippen MR) is 120 cm³/mol. The zero-order chi connectivity index (χ0) is 20.9. The van der Waals surface area contributed by atoms with Gasteiger partial charge in [-0.15, -0.1) is 5.10 Å². The Morgan fingerprint density at radius 3 is 2.53 bits per heavy atom. The molecule has 1 saturated heterocycles. The Labute approximate surface area is 179 Å². The van der Waals surface area contributed by atoms with E-state index in [0.29, 0.717) is 6.04 Å². The van der Waals surface area contributed by atoms with Crippen LogP contribution in [-0.4, -0.2) is 46.4 Å². The molecule has 6 heteroatoms. The molecule has 0 radical (unpaired) electrons. The molecule has 0 saturated carbocycles. The number of aryl methyl sites for hydroxylation is 2. The summed E-state index contributed by atoms with van der Waals surface area (Å²) in [6.07, 6.45) is 2.24. The van der Waals surface area contributed by atoms with Crippen molar-refractivity contribution < 1.29 is 4.90 Å². The third-order valence-corrected chi connectivity index (χ3v) is 6.23. The quantitative estimate of drug-likeness (QED) is 0.656. The number of nitrogens with zero attached hydrogens (tertiary/aromatic N) is 5. The Kier molecular flexibility index (Phi) is 6.43. The van der Waals surface area contributed by atoms with Crippen molar-refractivity contribution in [3.63, 3.8) is 0 Å². The first-order valence-electron chi connectivity index (χ1n) is 11.1. The van der Waals surface area contributed by atoms with Crippen LogP contribution in [0.15, 0.2) is 48.5 Å². The number of benzene rings is 2. The van der Waals surface area contributed by atoms with E-state index in [1.165, 1.54) is 22.4 Å². The molecule has 1 aliphatic rings. The third kappa shape index (κ3) is 4.54. The Morgan fingerprint density at radius 2 is 1.80 bits per heavy atom. The Morgan fingerprint density at radius 1 is 1.03 bits per heavy atom. The van der Waals surface area contributed by atoms with E-state index in [1.54, 1.807) is 4.90 Å². The minimum absolute atomic E-state index is 0.342. The molecule has 4 rings (SSSR count). The molecule has 0 bridgehead atoms. The second-order valence-electron chi connectivity index (χ2n) is 8.46. The first-order chi connectivity index (χ1) is 14.7. The van der Waals surface area contributed by atoms with Crippen molar-refractivity contribution in [3.8, 4) is 0 Å². The molecular weight excluding hydrogens is 372 g/mol. The fourth-order valence-corrected chi connectivity index (χ4v) is 4.58. The average molecular weight is 406 g/mol. The summed E-state index contributed by atoms with van der Waals surface area (Å²) in [5.74, 6) is 1.02. The summed E-state index contributed by atoms with van der Waals surface area (Å²) in [5.41, 5.74) is 5.31. The van der Waals surface area contributed by atoms with Gasteiger partial charge < -0.3 is 9.80 Å². The van der Waals surface area contributed by atoms with Crippen molar-refractivity contribution in [2.24, 2.45) is 0 Å². The topological polar surface area (TPSA) is 51.3 Å². The number of nitrogens with one attached hydrogen (secondary N) is 1. The van der Waals surface area contributed by atoms with Crippen LogP contribution >= 0.6 is 0 Å². The van der Waals surface area contributed by atoms with Crippen LogP contribution in [0, 0.1) is 13.8 Å². The van der Waals surface area contributed by atoms with Crippen molar-refractivity contribution in [2.75, 3.05) is 31.1 Å². The lowest BCUT2D eigenvalue weighted by Crippen LogP contribution is -3.15. The van der Waals surface area contributed by atoms with Crippen LogP contribution in [0.4, 0.5) is 5.69 Å². The van der Waals surface area contributed by atoms with Crippen LogP contribution in [0.5, 0.6) is 0 Å². The van der Waals surface area contributed by atoms with Crippen LogP contribution in [-0.2, 0) is 6.54 Å². The van der Waals surface area contributed by atoms with Crippen LogP contribution < -0.4 is 9.80 Å². The molecule has 1 atom stereocenters. The predicted octanol–water partition coefficient (Wildman–Crippen LogP) is 2.58. The normalized spacial score (nSPS) is 16.0. The van der Waals surface area contributed by atoms with Gasteiger partial charge in [-0.2, -0.15) is 0 Å². The molecular formula is C24H33N6+. The van der Waals surface area contributed by atoms with Crippen LogP contribution in [0.2, 0.25) is 0 Å². The Hall–Kier alpha value is -2.73. The zero-order valence-electron chi connectivity index (χ0n) is 18.4. The maximum Gasteiger partial charge on any atom is 0.209 e. The van der Waals surface area contributed by atoms with Crippen molar-refractivity contribution in [2.45, 2.75) is 46.2 Å². The van der Waals surface area contributed by atoms with Crippen molar-refractivity contribution in [1.82, 2.24) is 20.2 Å².